The van der Waals surface area contributed by atoms with Crippen molar-refractivity contribution in [3.63, 3.8) is 0 Å². The summed E-state index contributed by atoms with van der Waals surface area (Å²) < 4.78 is 14.5. The van der Waals surface area contributed by atoms with Gasteiger partial charge in [-0.2, -0.15) is 0 Å². The first-order valence-electron chi connectivity index (χ1n) is 4.16. The summed E-state index contributed by atoms with van der Waals surface area (Å²) >= 11 is 0. The average molecular weight is 220 g/mol. The summed E-state index contributed by atoms with van der Waals surface area (Å²) in [6.45, 7) is 0. The highest BCUT2D eigenvalue weighted by atomic mass is 16.6. The first kappa shape index (κ1) is 13.8. The largest absolute Gasteiger partial charge is 0.375 e. The Morgan fingerprint density at radius 1 is 0.867 bits per heavy atom. The SMILES string of the molecule is COC([C@H](OC)C(N)=O)[C@@H](OC)C(N)=O. The summed E-state index contributed by atoms with van der Waals surface area (Å²) in [4.78, 5) is 22.0. The molecule has 7 heteroatoms. The van der Waals surface area contributed by atoms with E-state index in [1.807, 2.05) is 0 Å². The fraction of sp³-hybridized carbons (Fsp3) is 0.750. The van der Waals surface area contributed by atoms with Crippen molar-refractivity contribution in [2.24, 2.45) is 11.5 Å². The van der Waals surface area contributed by atoms with E-state index in [2.05, 4.69) is 0 Å². The molecule has 0 aromatic carbocycles. The number of carbonyl (C=O) groups excluding carboxylic acids is 2. The highest BCUT2D eigenvalue weighted by molar-refractivity contribution is 5.84. The Bertz CT molecular complexity index is 211. The molecule has 88 valence electrons. The van der Waals surface area contributed by atoms with Crippen LogP contribution in [0.15, 0.2) is 0 Å². The van der Waals surface area contributed by atoms with Crippen molar-refractivity contribution in [1.82, 2.24) is 0 Å². The van der Waals surface area contributed by atoms with Gasteiger partial charge < -0.3 is 25.7 Å². The lowest BCUT2D eigenvalue weighted by molar-refractivity contribution is -0.155. The fourth-order valence-electron chi connectivity index (χ4n) is 1.23. The van der Waals surface area contributed by atoms with E-state index < -0.39 is 30.1 Å². The summed E-state index contributed by atoms with van der Waals surface area (Å²) in [5, 5.41) is 0. The number of methoxy groups -OCH3 is 3. The van der Waals surface area contributed by atoms with E-state index in [9.17, 15) is 9.59 Å². The molecule has 0 fully saturated rings. The second kappa shape index (κ2) is 6.33. The van der Waals surface area contributed by atoms with E-state index in [-0.39, 0.29) is 0 Å². The van der Waals surface area contributed by atoms with Crippen LogP contribution in [0.2, 0.25) is 0 Å². The quantitative estimate of drug-likeness (QED) is 0.515. The van der Waals surface area contributed by atoms with E-state index in [1.165, 1.54) is 21.3 Å². The van der Waals surface area contributed by atoms with Gasteiger partial charge in [0.25, 0.3) is 0 Å². The lowest BCUT2D eigenvalue weighted by Crippen LogP contribution is -2.52. The fourth-order valence-corrected chi connectivity index (χ4v) is 1.23. The van der Waals surface area contributed by atoms with Crippen LogP contribution in [0.4, 0.5) is 0 Å². The molecule has 0 radical (unpaired) electrons. The third-order valence-electron chi connectivity index (χ3n) is 1.94. The van der Waals surface area contributed by atoms with Gasteiger partial charge in [0.1, 0.15) is 6.10 Å². The number of hydrogen-bond donors (Lipinski definition) is 2. The molecule has 0 aromatic rings. The summed E-state index contributed by atoms with van der Waals surface area (Å²) in [5.41, 5.74) is 10.1. The number of primary amides is 2. The van der Waals surface area contributed by atoms with Crippen molar-refractivity contribution in [3.05, 3.63) is 0 Å². The van der Waals surface area contributed by atoms with Crippen LogP contribution in [0.5, 0.6) is 0 Å². The number of ether oxygens (including phenoxy) is 3. The zero-order valence-electron chi connectivity index (χ0n) is 8.93. The highest BCUT2D eigenvalue weighted by Crippen LogP contribution is 2.10. The van der Waals surface area contributed by atoms with Crippen LogP contribution < -0.4 is 11.5 Å². The molecular formula is C8H16N2O5. The van der Waals surface area contributed by atoms with Crippen LogP contribution in [-0.2, 0) is 23.8 Å². The number of amides is 2. The van der Waals surface area contributed by atoms with Gasteiger partial charge >= 0.3 is 0 Å². The van der Waals surface area contributed by atoms with E-state index in [1.54, 1.807) is 0 Å². The Morgan fingerprint density at radius 2 is 1.20 bits per heavy atom. The predicted molar refractivity (Wildman–Crippen MR) is 50.8 cm³/mol. The zero-order valence-corrected chi connectivity index (χ0v) is 8.93. The molecule has 15 heavy (non-hydrogen) atoms. The molecule has 0 aliphatic heterocycles. The van der Waals surface area contributed by atoms with Crippen molar-refractivity contribution in [2.75, 3.05) is 21.3 Å². The standard InChI is InChI=1S/C8H16N2O5/c1-13-4(5(14-2)7(9)11)6(15-3)8(10)12/h4-6H,1-3H3,(H2,9,11)(H2,10,12)/t4?,5-,6+. The van der Waals surface area contributed by atoms with Gasteiger partial charge in [-0.1, -0.05) is 0 Å². The number of hydrogen-bond acceptors (Lipinski definition) is 5. The van der Waals surface area contributed by atoms with Gasteiger partial charge in [0.05, 0.1) is 0 Å². The number of nitrogens with two attached hydrogens (primary N) is 2. The zero-order chi connectivity index (χ0) is 12.0. The van der Waals surface area contributed by atoms with Gasteiger partial charge in [-0.3, -0.25) is 9.59 Å². The van der Waals surface area contributed by atoms with E-state index in [4.69, 9.17) is 25.7 Å². The molecule has 3 atom stereocenters. The molecule has 0 heterocycles. The summed E-state index contributed by atoms with van der Waals surface area (Å²) in [7, 11) is 3.85. The highest BCUT2D eigenvalue weighted by Gasteiger charge is 2.36. The van der Waals surface area contributed by atoms with Crippen LogP contribution in [0.3, 0.4) is 0 Å². The van der Waals surface area contributed by atoms with E-state index >= 15 is 0 Å². The van der Waals surface area contributed by atoms with Gasteiger partial charge in [0, 0.05) is 21.3 Å². The topological polar surface area (TPSA) is 114 Å². The third-order valence-corrected chi connectivity index (χ3v) is 1.94. The normalized spacial score (nSPS) is 16.7. The maximum absolute atomic E-state index is 11.0. The lowest BCUT2D eigenvalue weighted by Gasteiger charge is -2.26. The van der Waals surface area contributed by atoms with Crippen molar-refractivity contribution >= 4 is 11.8 Å². The first-order valence-corrected chi connectivity index (χ1v) is 4.16. The molecule has 4 N–H and O–H groups in total. The molecular weight excluding hydrogens is 204 g/mol. The maximum Gasteiger partial charge on any atom is 0.249 e. The van der Waals surface area contributed by atoms with Gasteiger partial charge in [0.15, 0.2) is 12.2 Å². The molecule has 0 rings (SSSR count). The van der Waals surface area contributed by atoms with Gasteiger partial charge in [-0.15, -0.1) is 0 Å². The number of rotatable bonds is 7. The minimum absolute atomic E-state index is 0.757. The van der Waals surface area contributed by atoms with Gasteiger partial charge in [-0.25, -0.2) is 0 Å². The molecule has 0 saturated carbocycles. The smallest absolute Gasteiger partial charge is 0.249 e. The molecule has 0 saturated heterocycles. The van der Waals surface area contributed by atoms with E-state index in [0.717, 1.165) is 0 Å². The number of carbonyl (C=O) groups is 2. The van der Waals surface area contributed by atoms with Crippen molar-refractivity contribution < 1.29 is 23.8 Å². The molecule has 0 aromatic heterocycles. The summed E-state index contributed by atoms with van der Waals surface area (Å²) in [6, 6.07) is 0. The van der Waals surface area contributed by atoms with Crippen LogP contribution in [0.25, 0.3) is 0 Å². The van der Waals surface area contributed by atoms with Crippen LogP contribution in [-0.4, -0.2) is 51.5 Å². The maximum atomic E-state index is 11.0. The summed E-state index contributed by atoms with van der Waals surface area (Å²) in [5.74, 6) is -1.51. The third kappa shape index (κ3) is 3.46. The van der Waals surface area contributed by atoms with Crippen LogP contribution in [0.1, 0.15) is 0 Å². The molecule has 2 amide bonds. The Hall–Kier alpha value is -1.18. The Balaban J connectivity index is 4.84. The molecule has 1 unspecified atom stereocenters. The van der Waals surface area contributed by atoms with Crippen molar-refractivity contribution in [2.45, 2.75) is 18.3 Å². The molecule has 0 aliphatic rings. The minimum Gasteiger partial charge on any atom is -0.375 e. The van der Waals surface area contributed by atoms with Gasteiger partial charge in [0.2, 0.25) is 11.8 Å². The Morgan fingerprint density at radius 3 is 1.33 bits per heavy atom. The van der Waals surface area contributed by atoms with E-state index in [0.29, 0.717) is 0 Å². The Labute approximate surface area is 87.6 Å². The van der Waals surface area contributed by atoms with Crippen molar-refractivity contribution in [3.8, 4) is 0 Å². The average Bonchev–Trinajstić information content (AvgIpc) is 2.16. The second-order valence-corrected chi connectivity index (χ2v) is 2.82. The van der Waals surface area contributed by atoms with Gasteiger partial charge in [-0.05, 0) is 0 Å². The first-order chi connectivity index (χ1) is 6.99. The Kier molecular flexibility index (Phi) is 5.83. The summed E-state index contributed by atoms with van der Waals surface area (Å²) in [6.07, 6.45) is -3.14. The minimum atomic E-state index is -1.09. The van der Waals surface area contributed by atoms with Crippen LogP contribution >= 0.6 is 0 Å². The monoisotopic (exact) mass is 220 g/mol. The second-order valence-electron chi connectivity index (χ2n) is 2.82. The molecule has 0 aliphatic carbocycles. The predicted octanol–water partition coefficient (Wildman–Crippen LogP) is -2.00. The molecule has 7 nitrogen and oxygen atoms in total. The lowest BCUT2D eigenvalue weighted by atomic mass is 10.1. The molecule has 0 bridgehead atoms. The van der Waals surface area contributed by atoms with Crippen molar-refractivity contribution in [1.29, 1.82) is 0 Å². The van der Waals surface area contributed by atoms with Crippen LogP contribution in [0, 0.1) is 0 Å². The molecule has 0 spiro atoms.